The summed E-state index contributed by atoms with van der Waals surface area (Å²) < 4.78 is 29.9. The number of nitrogens with zero attached hydrogens (tertiary/aromatic N) is 1. The van der Waals surface area contributed by atoms with Crippen LogP contribution in [-0.2, 0) is 19.6 Å². The molecule has 0 spiro atoms. The molecule has 8 nitrogen and oxygen atoms in total. The Kier molecular flexibility index (Phi) is 6.39. The molecule has 10 heteroatoms. The van der Waals surface area contributed by atoms with E-state index in [1.54, 1.807) is 6.07 Å². The molecule has 0 fully saturated rings. The monoisotopic (exact) mass is 407 g/mol. The van der Waals surface area contributed by atoms with Crippen LogP contribution in [0, 0.1) is 11.3 Å². The summed E-state index contributed by atoms with van der Waals surface area (Å²) in [4.78, 5) is 24.2. The second kappa shape index (κ2) is 8.53. The third kappa shape index (κ3) is 5.99. The summed E-state index contributed by atoms with van der Waals surface area (Å²) in [5.41, 5.74) is 0.371. The number of para-hydroxylation sites is 1. The van der Waals surface area contributed by atoms with Gasteiger partial charge in [0.15, 0.2) is 6.61 Å². The summed E-state index contributed by atoms with van der Waals surface area (Å²) in [7, 11) is -3.60. The molecule has 0 aliphatic heterocycles. The van der Waals surface area contributed by atoms with Gasteiger partial charge in [0.2, 0.25) is 10.0 Å². The number of esters is 1. The summed E-state index contributed by atoms with van der Waals surface area (Å²) in [6, 6.07) is 12.1. The van der Waals surface area contributed by atoms with E-state index in [1.165, 1.54) is 36.4 Å². The van der Waals surface area contributed by atoms with Gasteiger partial charge in [0.05, 0.1) is 28.8 Å². The molecule has 0 saturated heterocycles. The fourth-order valence-electron chi connectivity index (χ4n) is 2.06. The van der Waals surface area contributed by atoms with Crippen molar-refractivity contribution in [3.63, 3.8) is 0 Å². The third-order valence-corrected chi connectivity index (χ3v) is 3.98. The second-order valence-corrected chi connectivity index (χ2v) is 7.53. The number of rotatable bonds is 6. The summed E-state index contributed by atoms with van der Waals surface area (Å²) >= 11 is 5.83. The van der Waals surface area contributed by atoms with Gasteiger partial charge >= 0.3 is 5.97 Å². The predicted molar refractivity (Wildman–Crippen MR) is 100.0 cm³/mol. The van der Waals surface area contributed by atoms with Crippen LogP contribution >= 0.6 is 11.6 Å². The number of hydrogen-bond donors (Lipinski definition) is 2. The van der Waals surface area contributed by atoms with Gasteiger partial charge in [-0.3, -0.25) is 9.52 Å². The Labute approximate surface area is 160 Å². The van der Waals surface area contributed by atoms with Crippen molar-refractivity contribution in [3.05, 3.63) is 58.6 Å². The average Bonchev–Trinajstić information content (AvgIpc) is 2.59. The number of nitrogens with one attached hydrogen (secondary N) is 2. The largest absolute Gasteiger partial charge is 0.452 e. The van der Waals surface area contributed by atoms with Gasteiger partial charge in [0.1, 0.15) is 6.07 Å². The lowest BCUT2D eigenvalue weighted by molar-refractivity contribution is -0.119. The molecule has 0 aliphatic carbocycles. The molecule has 1 amide bonds. The Morgan fingerprint density at radius 2 is 1.89 bits per heavy atom. The van der Waals surface area contributed by atoms with Crippen LogP contribution in [-0.4, -0.2) is 33.2 Å². The summed E-state index contributed by atoms with van der Waals surface area (Å²) in [5, 5.41) is 11.8. The van der Waals surface area contributed by atoms with E-state index in [1.807, 2.05) is 6.07 Å². The average molecular weight is 408 g/mol. The highest BCUT2D eigenvalue weighted by atomic mass is 35.5. The van der Waals surface area contributed by atoms with Gasteiger partial charge in [0.25, 0.3) is 5.91 Å². The minimum Gasteiger partial charge on any atom is -0.452 e. The van der Waals surface area contributed by atoms with Crippen LogP contribution in [0.5, 0.6) is 0 Å². The molecule has 2 aromatic rings. The Morgan fingerprint density at radius 3 is 2.56 bits per heavy atom. The maximum atomic E-state index is 12.2. The van der Waals surface area contributed by atoms with Gasteiger partial charge in [-0.25, -0.2) is 13.2 Å². The van der Waals surface area contributed by atoms with Crippen molar-refractivity contribution in [1.29, 1.82) is 5.26 Å². The fraction of sp³-hybridized carbons (Fsp3) is 0.118. The highest BCUT2D eigenvalue weighted by Crippen LogP contribution is 2.21. The smallest absolute Gasteiger partial charge is 0.340 e. The predicted octanol–water partition coefficient (Wildman–Crippen LogP) is 2.38. The molecule has 0 bridgehead atoms. The van der Waals surface area contributed by atoms with Gasteiger partial charge < -0.3 is 10.1 Å². The lowest BCUT2D eigenvalue weighted by Crippen LogP contribution is -2.22. The number of carbonyl (C=O) groups is 2. The molecule has 0 unspecified atom stereocenters. The Bertz CT molecular complexity index is 1030. The number of nitriles is 1. The molecule has 0 aromatic heterocycles. The molecule has 0 aliphatic rings. The zero-order valence-electron chi connectivity index (χ0n) is 14.0. The molecule has 0 heterocycles. The van der Waals surface area contributed by atoms with Crippen molar-refractivity contribution in [2.75, 3.05) is 22.9 Å². The van der Waals surface area contributed by atoms with Crippen LogP contribution in [0.1, 0.15) is 15.9 Å². The van der Waals surface area contributed by atoms with Crippen molar-refractivity contribution in [1.82, 2.24) is 0 Å². The maximum Gasteiger partial charge on any atom is 0.340 e. The third-order valence-electron chi connectivity index (χ3n) is 3.15. The van der Waals surface area contributed by atoms with E-state index in [4.69, 9.17) is 21.6 Å². The first-order valence-electron chi connectivity index (χ1n) is 7.43. The second-order valence-electron chi connectivity index (χ2n) is 5.35. The van der Waals surface area contributed by atoms with Gasteiger partial charge in [-0.2, -0.15) is 5.26 Å². The van der Waals surface area contributed by atoms with E-state index in [-0.39, 0.29) is 22.5 Å². The molecule has 2 rings (SSSR count). The lowest BCUT2D eigenvalue weighted by atomic mass is 10.2. The Morgan fingerprint density at radius 1 is 1.19 bits per heavy atom. The molecule has 0 radical (unpaired) electrons. The molecule has 27 heavy (non-hydrogen) atoms. The number of hydrogen-bond acceptors (Lipinski definition) is 6. The zero-order chi connectivity index (χ0) is 20.0. The van der Waals surface area contributed by atoms with Crippen LogP contribution in [0.3, 0.4) is 0 Å². The molecule has 2 N–H and O–H groups in total. The van der Waals surface area contributed by atoms with E-state index in [2.05, 4.69) is 10.0 Å². The minimum atomic E-state index is -3.60. The van der Waals surface area contributed by atoms with E-state index in [0.717, 1.165) is 6.26 Å². The first-order chi connectivity index (χ1) is 12.7. The van der Waals surface area contributed by atoms with Crippen LogP contribution < -0.4 is 10.0 Å². The quantitative estimate of drug-likeness (QED) is 0.708. The minimum absolute atomic E-state index is 0.0343. The number of halogens is 1. The van der Waals surface area contributed by atoms with Gasteiger partial charge in [-0.15, -0.1) is 0 Å². The Hall–Kier alpha value is -3.09. The van der Waals surface area contributed by atoms with Crippen molar-refractivity contribution in [2.45, 2.75) is 0 Å². The SMILES string of the molecule is CS(=O)(=O)Nc1ccccc1C(=O)OCC(=O)Nc1cc(Cl)ccc1C#N. The Balaban J connectivity index is 2.05. The van der Waals surface area contributed by atoms with E-state index < -0.39 is 28.5 Å². The highest BCUT2D eigenvalue weighted by Gasteiger charge is 2.17. The topological polar surface area (TPSA) is 125 Å². The first-order valence-corrected chi connectivity index (χ1v) is 9.70. The first kappa shape index (κ1) is 20.2. The summed E-state index contributed by atoms with van der Waals surface area (Å²) in [6.07, 6.45) is 0.945. The summed E-state index contributed by atoms with van der Waals surface area (Å²) in [6.45, 7) is -0.635. The number of ether oxygens (including phenoxy) is 1. The number of carbonyl (C=O) groups excluding carboxylic acids is 2. The van der Waals surface area contributed by atoms with Gasteiger partial charge in [-0.05, 0) is 30.3 Å². The van der Waals surface area contributed by atoms with Crippen molar-refractivity contribution in [3.8, 4) is 6.07 Å². The molecular formula is C17H14ClN3O5S. The molecular weight excluding hydrogens is 394 g/mol. The van der Waals surface area contributed by atoms with Gasteiger partial charge in [0, 0.05) is 5.02 Å². The number of benzene rings is 2. The zero-order valence-corrected chi connectivity index (χ0v) is 15.6. The van der Waals surface area contributed by atoms with Crippen LogP contribution in [0.4, 0.5) is 11.4 Å². The molecule has 0 atom stereocenters. The lowest BCUT2D eigenvalue weighted by Gasteiger charge is -2.11. The van der Waals surface area contributed by atoms with E-state index >= 15 is 0 Å². The van der Waals surface area contributed by atoms with Crippen molar-refractivity contribution in [2.24, 2.45) is 0 Å². The molecule has 0 saturated carbocycles. The van der Waals surface area contributed by atoms with Crippen LogP contribution in [0.15, 0.2) is 42.5 Å². The summed E-state index contributed by atoms with van der Waals surface area (Å²) in [5.74, 6) is -1.57. The molecule has 2 aromatic carbocycles. The van der Waals surface area contributed by atoms with Crippen molar-refractivity contribution >= 4 is 44.9 Å². The highest BCUT2D eigenvalue weighted by molar-refractivity contribution is 7.92. The van der Waals surface area contributed by atoms with Crippen LogP contribution in [0.2, 0.25) is 5.02 Å². The molecule has 140 valence electrons. The fourth-order valence-corrected chi connectivity index (χ4v) is 2.81. The van der Waals surface area contributed by atoms with E-state index in [0.29, 0.717) is 5.02 Å². The van der Waals surface area contributed by atoms with E-state index in [9.17, 15) is 18.0 Å². The number of anilines is 2. The van der Waals surface area contributed by atoms with Crippen molar-refractivity contribution < 1.29 is 22.7 Å². The maximum absolute atomic E-state index is 12.2. The normalized spacial score (nSPS) is 10.6. The number of amides is 1. The van der Waals surface area contributed by atoms with Crippen LogP contribution in [0.25, 0.3) is 0 Å². The number of sulfonamides is 1. The van der Waals surface area contributed by atoms with Gasteiger partial charge in [-0.1, -0.05) is 23.7 Å². The standard InChI is InChI=1S/C17H14ClN3O5S/c1-27(24,25)21-14-5-3-2-4-13(14)17(23)26-10-16(22)20-15-8-12(18)7-6-11(15)9-19/h2-8,21H,10H2,1H3,(H,20,22).